The van der Waals surface area contributed by atoms with Gasteiger partial charge in [-0.3, -0.25) is 9.67 Å². The summed E-state index contributed by atoms with van der Waals surface area (Å²) in [6, 6.07) is 10.7. The van der Waals surface area contributed by atoms with E-state index < -0.39 is 0 Å². The summed E-state index contributed by atoms with van der Waals surface area (Å²) in [7, 11) is 1.81. The third kappa shape index (κ3) is 5.72. The van der Waals surface area contributed by atoms with Crippen LogP contribution in [0.15, 0.2) is 47.7 Å². The molecule has 0 fully saturated rings. The summed E-state index contributed by atoms with van der Waals surface area (Å²) in [5.41, 5.74) is 2.64. The van der Waals surface area contributed by atoms with E-state index >= 15 is 0 Å². The zero-order chi connectivity index (χ0) is 17.4. The molecule has 2 aromatic rings. The Hall–Kier alpha value is -2.30. The van der Waals surface area contributed by atoms with E-state index in [1.807, 2.05) is 30.2 Å². The van der Waals surface area contributed by atoms with Crippen LogP contribution < -0.4 is 10.6 Å². The zero-order valence-electron chi connectivity index (χ0n) is 15.2. The van der Waals surface area contributed by atoms with E-state index in [2.05, 4.69) is 65.8 Å². The Labute approximate surface area is 145 Å². The van der Waals surface area contributed by atoms with E-state index in [4.69, 9.17) is 0 Å². The monoisotopic (exact) mass is 327 g/mol. The van der Waals surface area contributed by atoms with Gasteiger partial charge in [-0.15, -0.1) is 0 Å². The number of hydrogen-bond donors (Lipinski definition) is 2. The first-order valence-electron chi connectivity index (χ1n) is 8.57. The summed E-state index contributed by atoms with van der Waals surface area (Å²) in [5, 5.41) is 11.1. The second-order valence-corrected chi connectivity index (χ2v) is 6.48. The van der Waals surface area contributed by atoms with E-state index in [-0.39, 0.29) is 0 Å². The number of guanidine groups is 1. The quantitative estimate of drug-likeness (QED) is 0.607. The molecule has 0 aliphatic rings. The molecule has 1 aromatic carbocycles. The summed E-state index contributed by atoms with van der Waals surface area (Å²) in [4.78, 5) is 4.31. The smallest absolute Gasteiger partial charge is 0.191 e. The standard InChI is InChI=1S/C19H29N5/c1-15-6-8-18(9-7-15)17(3)13-22-19(20-4)21-12-16(2)14-24-11-5-10-23-24/h5-11,16-17H,12-14H2,1-4H3,(H2,20,21,22). The molecule has 2 atom stereocenters. The largest absolute Gasteiger partial charge is 0.356 e. The summed E-state index contributed by atoms with van der Waals surface area (Å²) in [6.07, 6.45) is 3.81. The second-order valence-electron chi connectivity index (χ2n) is 6.48. The highest BCUT2D eigenvalue weighted by atomic mass is 15.3. The maximum Gasteiger partial charge on any atom is 0.191 e. The van der Waals surface area contributed by atoms with Gasteiger partial charge in [-0.2, -0.15) is 5.10 Å². The average molecular weight is 327 g/mol. The Morgan fingerprint density at radius 3 is 2.50 bits per heavy atom. The molecule has 1 aromatic heterocycles. The van der Waals surface area contributed by atoms with Crippen LogP contribution in [0.5, 0.6) is 0 Å². The number of nitrogens with one attached hydrogen (secondary N) is 2. The summed E-state index contributed by atoms with van der Waals surface area (Å²) < 4.78 is 1.96. The molecule has 1 heterocycles. The fourth-order valence-electron chi connectivity index (χ4n) is 2.55. The number of benzene rings is 1. The van der Waals surface area contributed by atoms with Crippen molar-refractivity contribution in [1.82, 2.24) is 20.4 Å². The van der Waals surface area contributed by atoms with Crippen molar-refractivity contribution in [3.63, 3.8) is 0 Å². The lowest BCUT2D eigenvalue weighted by atomic mass is 10.0. The molecule has 0 aliphatic carbocycles. The SMILES string of the molecule is CN=C(NCC(C)Cn1cccn1)NCC(C)c1ccc(C)cc1. The topological polar surface area (TPSA) is 54.2 Å². The van der Waals surface area contributed by atoms with Crippen LogP contribution in [0.4, 0.5) is 0 Å². The third-order valence-electron chi connectivity index (χ3n) is 4.12. The highest BCUT2D eigenvalue weighted by Gasteiger charge is 2.08. The first-order chi connectivity index (χ1) is 11.6. The van der Waals surface area contributed by atoms with Gasteiger partial charge in [-0.25, -0.2) is 0 Å². The average Bonchev–Trinajstić information content (AvgIpc) is 3.08. The molecule has 5 nitrogen and oxygen atoms in total. The van der Waals surface area contributed by atoms with Gasteiger partial charge in [-0.1, -0.05) is 43.7 Å². The lowest BCUT2D eigenvalue weighted by Crippen LogP contribution is -2.41. The van der Waals surface area contributed by atoms with E-state index in [1.165, 1.54) is 11.1 Å². The predicted molar refractivity (Wildman–Crippen MR) is 100 cm³/mol. The first kappa shape index (κ1) is 18.0. The van der Waals surface area contributed by atoms with Gasteiger partial charge in [0, 0.05) is 39.1 Å². The van der Waals surface area contributed by atoms with Crippen molar-refractivity contribution in [3.05, 3.63) is 53.9 Å². The number of aromatic nitrogens is 2. The molecule has 2 N–H and O–H groups in total. The van der Waals surface area contributed by atoms with Crippen molar-refractivity contribution < 1.29 is 0 Å². The van der Waals surface area contributed by atoms with Crippen LogP contribution >= 0.6 is 0 Å². The summed E-state index contributed by atoms with van der Waals surface area (Å²) >= 11 is 0. The minimum absolute atomic E-state index is 0.436. The maximum absolute atomic E-state index is 4.31. The number of hydrogen-bond acceptors (Lipinski definition) is 2. The second kappa shape index (κ2) is 9.11. The molecule has 0 radical (unpaired) electrons. The van der Waals surface area contributed by atoms with Gasteiger partial charge in [0.25, 0.3) is 0 Å². The molecule has 0 aliphatic heterocycles. The third-order valence-corrected chi connectivity index (χ3v) is 4.12. The van der Waals surface area contributed by atoms with Gasteiger partial charge in [0.1, 0.15) is 0 Å². The molecule has 5 heteroatoms. The lowest BCUT2D eigenvalue weighted by Gasteiger charge is -2.18. The van der Waals surface area contributed by atoms with Gasteiger partial charge < -0.3 is 10.6 Å². The Morgan fingerprint density at radius 1 is 1.17 bits per heavy atom. The molecule has 0 amide bonds. The Kier molecular flexibility index (Phi) is 6.85. The Balaban J connectivity index is 1.74. The normalized spacial score (nSPS) is 14.2. The van der Waals surface area contributed by atoms with Crippen molar-refractivity contribution in [2.24, 2.45) is 10.9 Å². The van der Waals surface area contributed by atoms with Crippen molar-refractivity contribution in [3.8, 4) is 0 Å². The number of aryl methyl sites for hydroxylation is 1. The molecule has 2 rings (SSSR count). The van der Waals surface area contributed by atoms with Gasteiger partial charge >= 0.3 is 0 Å². The van der Waals surface area contributed by atoms with Crippen molar-refractivity contribution in [2.75, 3.05) is 20.1 Å². The molecular weight excluding hydrogens is 298 g/mol. The maximum atomic E-state index is 4.31. The van der Waals surface area contributed by atoms with Crippen molar-refractivity contribution in [1.29, 1.82) is 0 Å². The highest BCUT2D eigenvalue weighted by Crippen LogP contribution is 2.14. The van der Waals surface area contributed by atoms with Crippen LogP contribution in [0.2, 0.25) is 0 Å². The van der Waals surface area contributed by atoms with Crippen LogP contribution in [0.3, 0.4) is 0 Å². The fraction of sp³-hybridized carbons (Fsp3) is 0.474. The summed E-state index contributed by atoms with van der Waals surface area (Å²) in [5.74, 6) is 1.75. The molecule has 0 bridgehead atoms. The molecular formula is C19H29N5. The zero-order valence-corrected chi connectivity index (χ0v) is 15.2. The Bertz CT molecular complexity index is 616. The van der Waals surface area contributed by atoms with Gasteiger partial charge in [-0.05, 0) is 30.4 Å². The van der Waals surface area contributed by atoms with E-state index in [0.717, 1.165) is 25.6 Å². The first-order valence-corrected chi connectivity index (χ1v) is 8.57. The van der Waals surface area contributed by atoms with E-state index in [1.54, 1.807) is 0 Å². The van der Waals surface area contributed by atoms with Crippen LogP contribution in [0.1, 0.15) is 30.9 Å². The van der Waals surface area contributed by atoms with Crippen LogP contribution in [0, 0.1) is 12.8 Å². The van der Waals surface area contributed by atoms with Crippen LogP contribution in [-0.4, -0.2) is 35.9 Å². The molecule has 0 spiro atoms. The number of nitrogens with zero attached hydrogens (tertiary/aromatic N) is 3. The van der Waals surface area contributed by atoms with Crippen LogP contribution in [-0.2, 0) is 6.54 Å². The van der Waals surface area contributed by atoms with E-state index in [9.17, 15) is 0 Å². The molecule has 130 valence electrons. The lowest BCUT2D eigenvalue weighted by molar-refractivity contribution is 0.443. The van der Waals surface area contributed by atoms with Gasteiger partial charge in [0.2, 0.25) is 0 Å². The Morgan fingerprint density at radius 2 is 1.88 bits per heavy atom. The molecule has 2 unspecified atom stereocenters. The minimum atomic E-state index is 0.436. The number of aliphatic imine (C=N–C) groups is 1. The van der Waals surface area contributed by atoms with Crippen molar-refractivity contribution in [2.45, 2.75) is 33.2 Å². The number of rotatable bonds is 7. The van der Waals surface area contributed by atoms with Gasteiger partial charge in [0.05, 0.1) is 0 Å². The molecule has 24 heavy (non-hydrogen) atoms. The van der Waals surface area contributed by atoms with Gasteiger partial charge in [0.15, 0.2) is 5.96 Å². The van der Waals surface area contributed by atoms with Crippen LogP contribution in [0.25, 0.3) is 0 Å². The van der Waals surface area contributed by atoms with E-state index in [0.29, 0.717) is 11.8 Å². The molecule has 0 saturated carbocycles. The van der Waals surface area contributed by atoms with Crippen molar-refractivity contribution >= 4 is 5.96 Å². The highest BCUT2D eigenvalue weighted by molar-refractivity contribution is 5.79. The fourth-order valence-corrected chi connectivity index (χ4v) is 2.55. The summed E-state index contributed by atoms with van der Waals surface area (Å²) in [6.45, 7) is 9.16. The molecule has 0 saturated heterocycles. The predicted octanol–water partition coefficient (Wildman–Crippen LogP) is 2.80. The minimum Gasteiger partial charge on any atom is -0.356 e.